The van der Waals surface area contributed by atoms with Gasteiger partial charge in [-0.15, -0.1) is 0 Å². The van der Waals surface area contributed by atoms with Gasteiger partial charge >= 0.3 is 73.7 Å². The van der Waals surface area contributed by atoms with Gasteiger partial charge in [-0.25, -0.2) is 0 Å². The molecule has 0 aromatic carbocycles. The molecule has 0 fully saturated rings. The maximum atomic E-state index is 2.40. The molecule has 0 atom stereocenters. The van der Waals surface area contributed by atoms with Gasteiger partial charge in [-0.2, -0.15) is 0 Å². The molecule has 4 heteroatoms. The van der Waals surface area contributed by atoms with Gasteiger partial charge < -0.3 is 24.8 Å². The Morgan fingerprint density at radius 1 is 1.36 bits per heavy atom. The Bertz CT molecular complexity index is 175. The molecule has 0 aromatic rings. The van der Waals surface area contributed by atoms with Gasteiger partial charge in [0, 0.05) is 0 Å². The molecule has 0 radical (unpaired) electrons. The molecule has 0 saturated heterocycles. The van der Waals surface area contributed by atoms with Crippen molar-refractivity contribution in [2.24, 2.45) is 0 Å². The van der Waals surface area contributed by atoms with E-state index in [1.54, 1.807) is 33.2 Å². The smallest absolute Gasteiger partial charge is 1.00 e. The molecular formula is C7H11Cl2SiZr. The normalized spacial score (nSPS) is 15.0. The maximum absolute atomic E-state index is 2.40. The topological polar surface area (TPSA) is 0 Å². The summed E-state index contributed by atoms with van der Waals surface area (Å²) in [4.78, 5) is 0. The van der Waals surface area contributed by atoms with E-state index in [-0.39, 0.29) is 24.8 Å². The molecule has 1 rings (SSSR count). The van der Waals surface area contributed by atoms with Gasteiger partial charge in [0.2, 0.25) is 0 Å². The molecule has 1 aliphatic carbocycles. The van der Waals surface area contributed by atoms with Crippen molar-refractivity contribution in [3.63, 3.8) is 0 Å². The zero-order chi connectivity index (χ0) is 6.85. The van der Waals surface area contributed by atoms with Crippen molar-refractivity contribution in [2.45, 2.75) is 19.5 Å². The zero-order valence-corrected chi connectivity index (χ0v) is 11.8. The van der Waals surface area contributed by atoms with E-state index in [2.05, 4.69) is 25.2 Å². The third-order valence-corrected chi connectivity index (χ3v) is 5.30. The fourth-order valence-electron chi connectivity index (χ4n) is 1.06. The predicted molar refractivity (Wildman–Crippen MR) is 39.7 cm³/mol. The van der Waals surface area contributed by atoms with Crippen LogP contribution in [0.1, 0.15) is 6.42 Å². The summed E-state index contributed by atoms with van der Waals surface area (Å²) in [6, 6.07) is 0. The van der Waals surface area contributed by atoms with Crippen molar-refractivity contribution >= 4 is 8.80 Å². The van der Waals surface area contributed by atoms with Crippen LogP contribution in [0.4, 0.5) is 0 Å². The third-order valence-electron chi connectivity index (χ3n) is 1.59. The molecule has 0 spiro atoms. The standard InChI is InChI=1S/C7H11Si.2ClH.Zr/c1-8(2)7-5-3-4-6-7;;;/h3,5,8H,4H2,1-2H3;2*1H;/q;;;+2/p-2. The van der Waals surface area contributed by atoms with Crippen LogP contribution in [0.2, 0.25) is 13.1 Å². The minimum atomic E-state index is -0.466. The molecule has 0 aromatic heterocycles. The molecule has 0 N–H and O–H groups in total. The second-order valence-corrected chi connectivity index (χ2v) is 7.11. The summed E-state index contributed by atoms with van der Waals surface area (Å²) in [6.07, 6.45) is 5.88. The molecule has 1 aliphatic rings. The van der Waals surface area contributed by atoms with Crippen molar-refractivity contribution in [1.82, 2.24) is 0 Å². The van der Waals surface area contributed by atoms with Crippen molar-refractivity contribution in [2.75, 3.05) is 0 Å². The van der Waals surface area contributed by atoms with E-state index in [1.165, 1.54) is 6.42 Å². The molecule has 0 heterocycles. The minimum Gasteiger partial charge on any atom is -1.00 e. The Labute approximate surface area is 97.8 Å². The van der Waals surface area contributed by atoms with Crippen LogP contribution in [0.5, 0.6) is 0 Å². The van der Waals surface area contributed by atoms with Crippen LogP contribution < -0.4 is 24.8 Å². The Kier molecular flexibility index (Phi) is 8.87. The first-order valence-corrected chi connectivity index (χ1v) is 7.44. The van der Waals surface area contributed by atoms with Crippen molar-refractivity contribution in [3.8, 4) is 0 Å². The first kappa shape index (κ1) is 14.7. The summed E-state index contributed by atoms with van der Waals surface area (Å²) < 4.78 is 1.70. The van der Waals surface area contributed by atoms with Crippen LogP contribution in [0.15, 0.2) is 20.6 Å². The molecule has 0 saturated carbocycles. The van der Waals surface area contributed by atoms with E-state index in [9.17, 15) is 0 Å². The molecule has 0 amide bonds. The monoisotopic (exact) mass is 283 g/mol. The first-order valence-electron chi connectivity index (χ1n) is 3.33. The van der Waals surface area contributed by atoms with Crippen LogP contribution in [0, 0.1) is 0 Å². The number of halogens is 2. The zero-order valence-electron chi connectivity index (χ0n) is 6.70. The van der Waals surface area contributed by atoms with E-state index in [4.69, 9.17) is 0 Å². The van der Waals surface area contributed by atoms with E-state index in [0.717, 1.165) is 0 Å². The number of rotatable bonds is 1. The molecule has 61 valence electrons. The van der Waals surface area contributed by atoms with Crippen LogP contribution >= 0.6 is 0 Å². The second kappa shape index (κ2) is 6.65. The number of allylic oxidation sites excluding steroid dienone is 4. The Balaban J connectivity index is 0. The van der Waals surface area contributed by atoms with Gasteiger partial charge in [-0.1, -0.05) is 0 Å². The van der Waals surface area contributed by atoms with E-state index < -0.39 is 8.80 Å². The van der Waals surface area contributed by atoms with Gasteiger partial charge in [0.1, 0.15) is 0 Å². The fraction of sp³-hybridized carbons (Fsp3) is 0.429. The molecular weight excluding hydrogens is 274 g/mol. The Hall–Kier alpha value is 1.16. The van der Waals surface area contributed by atoms with E-state index in [1.807, 2.05) is 0 Å². The van der Waals surface area contributed by atoms with Crippen molar-refractivity contribution < 1.29 is 49.5 Å². The molecule has 11 heavy (non-hydrogen) atoms. The van der Waals surface area contributed by atoms with Gasteiger partial charge in [-0.05, 0) is 0 Å². The molecule has 0 bridgehead atoms. The summed E-state index contributed by atoms with van der Waals surface area (Å²) >= 11 is 1.63. The first-order chi connectivity index (χ1) is 4.22. The quantitative estimate of drug-likeness (QED) is 0.429. The summed E-state index contributed by atoms with van der Waals surface area (Å²) in [5.74, 6) is 0. The van der Waals surface area contributed by atoms with Crippen molar-refractivity contribution in [1.29, 1.82) is 0 Å². The van der Waals surface area contributed by atoms with Gasteiger partial charge in [-0.3, -0.25) is 0 Å². The SMILES string of the molecule is C[SiH](C)C1=[C]([Zr+2])CC=C1.[Cl-].[Cl-]. The summed E-state index contributed by atoms with van der Waals surface area (Å²) in [6.45, 7) is 4.80. The van der Waals surface area contributed by atoms with Crippen molar-refractivity contribution in [3.05, 3.63) is 20.6 Å². The Morgan fingerprint density at radius 2 is 1.91 bits per heavy atom. The average molecular weight is 285 g/mol. The van der Waals surface area contributed by atoms with Crippen LogP contribution in [-0.2, 0) is 24.7 Å². The van der Waals surface area contributed by atoms with Gasteiger partial charge in [0.05, 0.1) is 0 Å². The Morgan fingerprint density at radius 3 is 2.09 bits per heavy atom. The van der Waals surface area contributed by atoms with E-state index in [0.29, 0.717) is 0 Å². The maximum Gasteiger partial charge on any atom is -1.00 e. The largest absolute Gasteiger partial charge is 1.00 e. The number of hydrogen-bond acceptors (Lipinski definition) is 0. The molecule has 0 aliphatic heterocycles. The van der Waals surface area contributed by atoms with Gasteiger partial charge in [0.25, 0.3) is 0 Å². The summed E-state index contributed by atoms with van der Waals surface area (Å²) in [5, 5.41) is 1.72. The average Bonchev–Trinajstić information content (AvgIpc) is 2.13. The second-order valence-electron chi connectivity index (χ2n) is 2.70. The molecule has 0 nitrogen and oxygen atoms in total. The van der Waals surface area contributed by atoms with Crippen LogP contribution in [-0.4, -0.2) is 8.80 Å². The van der Waals surface area contributed by atoms with Gasteiger partial charge in [0.15, 0.2) is 0 Å². The fourth-order valence-corrected chi connectivity index (χ4v) is 5.02. The van der Waals surface area contributed by atoms with Crippen LogP contribution in [0.3, 0.4) is 0 Å². The molecule has 0 unspecified atom stereocenters. The summed E-state index contributed by atoms with van der Waals surface area (Å²) in [5.41, 5.74) is 0. The number of hydrogen-bond donors (Lipinski definition) is 0. The summed E-state index contributed by atoms with van der Waals surface area (Å²) in [7, 11) is -0.466. The predicted octanol–water partition coefficient (Wildman–Crippen LogP) is -4.22. The third kappa shape index (κ3) is 4.07. The van der Waals surface area contributed by atoms with E-state index >= 15 is 0 Å². The minimum absolute atomic E-state index is 0. The van der Waals surface area contributed by atoms with Crippen LogP contribution in [0.25, 0.3) is 0 Å².